The van der Waals surface area contributed by atoms with Crippen molar-refractivity contribution in [3.05, 3.63) is 0 Å². The monoisotopic (exact) mass is 254 g/mol. The van der Waals surface area contributed by atoms with Crippen LogP contribution in [0.15, 0.2) is 0 Å². The fourth-order valence-electron chi connectivity index (χ4n) is 1.64. The third-order valence-corrected chi connectivity index (χ3v) is 3.31. The smallest absolute Gasteiger partial charge is 0.0979 e. The molecule has 0 aromatic carbocycles. The van der Waals surface area contributed by atoms with Gasteiger partial charge in [-0.25, -0.2) is 0 Å². The summed E-state index contributed by atoms with van der Waals surface area (Å²) in [4.78, 5) is 0. The quantitative estimate of drug-likeness (QED) is 0.478. The summed E-state index contributed by atoms with van der Waals surface area (Å²) < 4.78 is 11.7. The highest BCUT2D eigenvalue weighted by Gasteiger charge is 2.44. The Labute approximate surface area is 74.4 Å². The third-order valence-electron chi connectivity index (χ3n) is 2.24. The molecule has 3 heteroatoms. The van der Waals surface area contributed by atoms with Crippen LogP contribution in [0.1, 0.15) is 6.92 Å². The molecule has 2 aliphatic heterocycles. The Hall–Kier alpha value is 0.650. The molecule has 0 N–H and O–H groups in total. The van der Waals surface area contributed by atoms with Crippen molar-refractivity contribution >= 4 is 22.6 Å². The lowest BCUT2D eigenvalue weighted by molar-refractivity contribution is 0.0661. The van der Waals surface area contributed by atoms with E-state index < -0.39 is 0 Å². The van der Waals surface area contributed by atoms with Crippen molar-refractivity contribution in [3.8, 4) is 0 Å². The van der Waals surface area contributed by atoms with Gasteiger partial charge in [-0.3, -0.25) is 0 Å². The van der Waals surface area contributed by atoms with E-state index in [2.05, 4.69) is 29.5 Å². The Bertz CT molecular complexity index is 124. The number of hydrogen-bond acceptors (Lipinski definition) is 2. The lowest BCUT2D eigenvalue weighted by Gasteiger charge is -2.10. The first-order chi connectivity index (χ1) is 4.79. The Morgan fingerprint density at radius 1 is 1.20 bits per heavy atom. The fourth-order valence-corrected chi connectivity index (χ4v) is 2.47. The molecule has 2 rings (SSSR count). The van der Waals surface area contributed by atoms with Gasteiger partial charge >= 0.3 is 0 Å². The topological polar surface area (TPSA) is 18.5 Å². The zero-order valence-corrected chi connectivity index (χ0v) is 8.08. The molecule has 2 fully saturated rings. The SMILES string of the molecule is C[C@H]1CO[C@@H]2C(I)CO[C@@H]21. The minimum atomic E-state index is 0.385. The van der Waals surface area contributed by atoms with E-state index in [1.54, 1.807) is 0 Å². The Morgan fingerprint density at radius 3 is 2.60 bits per heavy atom. The van der Waals surface area contributed by atoms with Crippen LogP contribution >= 0.6 is 22.6 Å². The van der Waals surface area contributed by atoms with Crippen molar-refractivity contribution in [2.45, 2.75) is 23.1 Å². The average Bonchev–Trinajstić information content (AvgIpc) is 2.41. The maximum absolute atomic E-state index is 5.57. The Kier molecular flexibility index (Phi) is 1.90. The Balaban J connectivity index is 2.09. The molecular weight excluding hydrogens is 243 g/mol. The molecule has 0 aromatic rings. The van der Waals surface area contributed by atoms with Gasteiger partial charge in [0.1, 0.15) is 0 Å². The summed E-state index contributed by atoms with van der Waals surface area (Å²) in [5, 5.41) is 0. The van der Waals surface area contributed by atoms with Crippen molar-refractivity contribution in [1.29, 1.82) is 0 Å². The first-order valence-corrected chi connectivity index (χ1v) is 4.91. The van der Waals surface area contributed by atoms with Crippen molar-refractivity contribution in [3.63, 3.8) is 0 Å². The van der Waals surface area contributed by atoms with Gasteiger partial charge in [-0.2, -0.15) is 0 Å². The van der Waals surface area contributed by atoms with Gasteiger partial charge in [0.2, 0.25) is 0 Å². The number of ether oxygens (including phenoxy) is 2. The predicted octanol–water partition coefficient (Wildman–Crippen LogP) is 1.22. The molecule has 2 saturated heterocycles. The van der Waals surface area contributed by atoms with Crippen LogP contribution in [0.3, 0.4) is 0 Å². The first kappa shape index (κ1) is 7.31. The standard InChI is InChI=1S/C7H11IO2/c1-4-2-9-7-5(8)3-10-6(4)7/h4-7H,2-3H2,1H3/t4-,5?,6+,7+/m0/s1. The second-order valence-electron chi connectivity index (χ2n) is 3.09. The minimum Gasteiger partial charge on any atom is -0.374 e. The summed E-state index contributed by atoms with van der Waals surface area (Å²) in [6, 6.07) is 0. The number of rotatable bonds is 0. The molecule has 0 radical (unpaired) electrons. The van der Waals surface area contributed by atoms with E-state index in [0.717, 1.165) is 13.2 Å². The highest BCUT2D eigenvalue weighted by atomic mass is 127. The van der Waals surface area contributed by atoms with Crippen LogP contribution in [0.5, 0.6) is 0 Å². The number of alkyl halides is 1. The molecular formula is C7H11IO2. The van der Waals surface area contributed by atoms with Crippen molar-refractivity contribution < 1.29 is 9.47 Å². The van der Waals surface area contributed by atoms with E-state index in [0.29, 0.717) is 22.1 Å². The van der Waals surface area contributed by atoms with Gasteiger partial charge in [-0.1, -0.05) is 29.5 Å². The molecule has 1 unspecified atom stereocenters. The second-order valence-corrected chi connectivity index (χ2v) is 4.69. The van der Waals surface area contributed by atoms with Crippen LogP contribution in [-0.2, 0) is 9.47 Å². The summed E-state index contributed by atoms with van der Waals surface area (Å²) in [6.07, 6.45) is 0.775. The molecule has 0 bridgehead atoms. The summed E-state index contributed by atoms with van der Waals surface area (Å²) in [6.45, 7) is 3.95. The molecule has 0 aliphatic carbocycles. The van der Waals surface area contributed by atoms with Crippen LogP contribution in [0.4, 0.5) is 0 Å². The molecule has 58 valence electrons. The van der Waals surface area contributed by atoms with Crippen LogP contribution in [0.2, 0.25) is 0 Å². The second kappa shape index (κ2) is 2.60. The summed E-state index contributed by atoms with van der Waals surface area (Å²) in [5.74, 6) is 0.602. The average molecular weight is 254 g/mol. The maximum Gasteiger partial charge on any atom is 0.0979 e. The molecule has 0 spiro atoms. The summed E-state index contributed by atoms with van der Waals surface area (Å²) in [7, 11) is 0. The van der Waals surface area contributed by atoms with E-state index in [1.165, 1.54) is 0 Å². The van der Waals surface area contributed by atoms with Crippen LogP contribution in [0.25, 0.3) is 0 Å². The largest absolute Gasteiger partial charge is 0.374 e. The number of halogens is 1. The number of fused-ring (bicyclic) bond motifs is 1. The normalized spacial score (nSPS) is 53.4. The fraction of sp³-hybridized carbons (Fsp3) is 1.00. The van der Waals surface area contributed by atoms with Gasteiger partial charge in [0.05, 0.1) is 29.3 Å². The summed E-state index contributed by atoms with van der Waals surface area (Å²) in [5.41, 5.74) is 0. The highest BCUT2D eigenvalue weighted by Crippen LogP contribution is 2.34. The first-order valence-electron chi connectivity index (χ1n) is 3.66. The van der Waals surface area contributed by atoms with Gasteiger partial charge < -0.3 is 9.47 Å². The van der Waals surface area contributed by atoms with E-state index in [-0.39, 0.29) is 0 Å². The molecule has 4 atom stereocenters. The lowest BCUT2D eigenvalue weighted by Crippen LogP contribution is -2.24. The zero-order chi connectivity index (χ0) is 7.14. The molecule has 2 heterocycles. The van der Waals surface area contributed by atoms with Gasteiger partial charge in [-0.15, -0.1) is 0 Å². The molecule has 0 amide bonds. The minimum absolute atomic E-state index is 0.385. The predicted molar refractivity (Wildman–Crippen MR) is 46.5 cm³/mol. The van der Waals surface area contributed by atoms with E-state index in [9.17, 15) is 0 Å². The summed E-state index contributed by atoms with van der Waals surface area (Å²) >= 11 is 2.41. The third kappa shape index (κ3) is 0.987. The van der Waals surface area contributed by atoms with E-state index in [1.807, 2.05) is 0 Å². The van der Waals surface area contributed by atoms with Gasteiger partial charge in [-0.05, 0) is 0 Å². The molecule has 0 aromatic heterocycles. The molecule has 2 nitrogen and oxygen atoms in total. The highest BCUT2D eigenvalue weighted by molar-refractivity contribution is 14.1. The lowest BCUT2D eigenvalue weighted by atomic mass is 10.1. The van der Waals surface area contributed by atoms with Crippen LogP contribution in [-0.4, -0.2) is 29.3 Å². The van der Waals surface area contributed by atoms with Gasteiger partial charge in [0, 0.05) is 5.92 Å². The Morgan fingerprint density at radius 2 is 1.90 bits per heavy atom. The van der Waals surface area contributed by atoms with Crippen LogP contribution in [0, 0.1) is 5.92 Å². The van der Waals surface area contributed by atoms with Crippen molar-refractivity contribution in [2.75, 3.05) is 13.2 Å². The van der Waals surface area contributed by atoms with Crippen LogP contribution < -0.4 is 0 Å². The van der Waals surface area contributed by atoms with Crippen molar-refractivity contribution in [1.82, 2.24) is 0 Å². The molecule has 0 saturated carbocycles. The maximum atomic E-state index is 5.57. The molecule has 10 heavy (non-hydrogen) atoms. The number of hydrogen-bond donors (Lipinski definition) is 0. The zero-order valence-electron chi connectivity index (χ0n) is 5.92. The van der Waals surface area contributed by atoms with Gasteiger partial charge in [0.25, 0.3) is 0 Å². The van der Waals surface area contributed by atoms with E-state index >= 15 is 0 Å². The van der Waals surface area contributed by atoms with E-state index in [4.69, 9.17) is 9.47 Å². The van der Waals surface area contributed by atoms with Gasteiger partial charge in [0.15, 0.2) is 0 Å². The molecule has 2 aliphatic rings. The van der Waals surface area contributed by atoms with Crippen molar-refractivity contribution in [2.24, 2.45) is 5.92 Å².